The van der Waals surface area contributed by atoms with Crippen molar-refractivity contribution in [2.75, 3.05) is 41.7 Å². The Hall–Kier alpha value is -3.84. The standard InChI is InChI=1S/C30H34N4O3/c1-21-9-11-22(12-10-21)29(36)31-26-7-3-8-27(35)28(26)32-30(37)23-13-15-25(16-14-23)34-18-4-17-33(19-20-34)24-5-2-6-24/h3,7-16,24,35H,2,4-6,17-20H2,1H3,(H,31,36)(H,32,37). The van der Waals surface area contributed by atoms with Crippen molar-refractivity contribution in [2.45, 2.75) is 38.6 Å². The molecule has 3 N–H and O–H groups in total. The molecular formula is C30H34N4O3. The van der Waals surface area contributed by atoms with Crippen LogP contribution in [0.25, 0.3) is 0 Å². The Labute approximate surface area is 218 Å². The number of benzene rings is 3. The summed E-state index contributed by atoms with van der Waals surface area (Å²) in [5.41, 5.74) is 3.64. The normalized spacial score (nSPS) is 16.5. The largest absolute Gasteiger partial charge is 0.506 e. The van der Waals surface area contributed by atoms with Crippen LogP contribution in [0.15, 0.2) is 66.7 Å². The number of amides is 2. The first kappa shape index (κ1) is 24.8. The Balaban J connectivity index is 1.25. The SMILES string of the molecule is Cc1ccc(C(=O)Nc2cccc(O)c2NC(=O)c2ccc(N3CCCN(C4CCC4)CC3)cc2)cc1. The van der Waals surface area contributed by atoms with E-state index in [2.05, 4.69) is 20.4 Å². The molecule has 2 amide bonds. The van der Waals surface area contributed by atoms with Crippen LogP contribution < -0.4 is 15.5 Å². The van der Waals surface area contributed by atoms with Gasteiger partial charge in [-0.25, -0.2) is 0 Å². The van der Waals surface area contributed by atoms with Gasteiger partial charge in [-0.05, 0) is 74.7 Å². The highest BCUT2D eigenvalue weighted by molar-refractivity contribution is 6.11. The number of carbonyl (C=O) groups excluding carboxylic acids is 2. The van der Waals surface area contributed by atoms with Gasteiger partial charge in [0.1, 0.15) is 11.4 Å². The predicted molar refractivity (Wildman–Crippen MR) is 148 cm³/mol. The lowest BCUT2D eigenvalue weighted by Crippen LogP contribution is -2.42. The van der Waals surface area contributed by atoms with E-state index in [0.717, 1.165) is 49.9 Å². The van der Waals surface area contributed by atoms with Gasteiger partial charge in [0, 0.05) is 49.0 Å². The molecule has 7 heteroatoms. The molecule has 0 bridgehead atoms. The van der Waals surface area contributed by atoms with Crippen LogP contribution in [-0.4, -0.2) is 54.0 Å². The molecule has 1 saturated carbocycles. The van der Waals surface area contributed by atoms with E-state index < -0.39 is 0 Å². The van der Waals surface area contributed by atoms with Gasteiger partial charge in [0.25, 0.3) is 11.8 Å². The molecule has 1 heterocycles. The molecule has 0 atom stereocenters. The van der Waals surface area contributed by atoms with E-state index in [-0.39, 0.29) is 23.3 Å². The van der Waals surface area contributed by atoms with Crippen LogP contribution in [0.4, 0.5) is 17.1 Å². The maximum Gasteiger partial charge on any atom is 0.255 e. The first-order valence-electron chi connectivity index (χ1n) is 13.1. The highest BCUT2D eigenvalue weighted by Crippen LogP contribution is 2.33. The van der Waals surface area contributed by atoms with Crippen molar-refractivity contribution in [3.8, 4) is 5.75 Å². The summed E-state index contributed by atoms with van der Waals surface area (Å²) in [6, 6.07) is 20.3. The summed E-state index contributed by atoms with van der Waals surface area (Å²) in [4.78, 5) is 30.8. The number of nitrogens with one attached hydrogen (secondary N) is 2. The van der Waals surface area contributed by atoms with Gasteiger partial charge in [-0.3, -0.25) is 14.5 Å². The molecule has 3 aromatic rings. The predicted octanol–water partition coefficient (Wildman–Crippen LogP) is 5.27. The van der Waals surface area contributed by atoms with Crippen LogP contribution in [0.3, 0.4) is 0 Å². The third-order valence-corrected chi connectivity index (χ3v) is 7.46. The lowest BCUT2D eigenvalue weighted by atomic mass is 9.91. The van der Waals surface area contributed by atoms with E-state index in [1.165, 1.54) is 25.3 Å². The monoisotopic (exact) mass is 498 g/mol. The molecule has 0 aromatic heterocycles. The van der Waals surface area contributed by atoms with Gasteiger partial charge in [0.15, 0.2) is 0 Å². The van der Waals surface area contributed by atoms with Gasteiger partial charge in [-0.15, -0.1) is 0 Å². The molecule has 0 spiro atoms. The van der Waals surface area contributed by atoms with Crippen LogP contribution in [0.1, 0.15) is 52.0 Å². The van der Waals surface area contributed by atoms with Gasteiger partial charge in [-0.2, -0.15) is 0 Å². The number of carbonyl (C=O) groups is 2. The van der Waals surface area contributed by atoms with Crippen LogP contribution in [0, 0.1) is 6.92 Å². The van der Waals surface area contributed by atoms with Crippen molar-refractivity contribution in [1.29, 1.82) is 0 Å². The molecule has 5 rings (SSSR count). The number of rotatable bonds is 6. The molecule has 192 valence electrons. The van der Waals surface area contributed by atoms with Gasteiger partial charge < -0.3 is 20.6 Å². The zero-order valence-corrected chi connectivity index (χ0v) is 21.2. The number of phenolic OH excluding ortho intramolecular Hbond substituents is 1. The highest BCUT2D eigenvalue weighted by Gasteiger charge is 2.26. The molecule has 37 heavy (non-hydrogen) atoms. The summed E-state index contributed by atoms with van der Waals surface area (Å²) in [6.07, 6.45) is 5.16. The fourth-order valence-electron chi connectivity index (χ4n) is 5.00. The number of aryl methyl sites for hydroxylation is 1. The summed E-state index contributed by atoms with van der Waals surface area (Å²) >= 11 is 0. The first-order chi connectivity index (χ1) is 18.0. The molecule has 7 nitrogen and oxygen atoms in total. The maximum absolute atomic E-state index is 13.1. The second-order valence-electron chi connectivity index (χ2n) is 9.98. The van der Waals surface area contributed by atoms with Crippen molar-refractivity contribution in [1.82, 2.24) is 4.90 Å². The number of aromatic hydroxyl groups is 1. The highest BCUT2D eigenvalue weighted by atomic mass is 16.3. The summed E-state index contributed by atoms with van der Waals surface area (Å²) in [5, 5.41) is 16.0. The zero-order valence-electron chi connectivity index (χ0n) is 21.2. The Kier molecular flexibility index (Phi) is 7.42. The number of phenols is 1. The van der Waals surface area contributed by atoms with Crippen LogP contribution in [-0.2, 0) is 0 Å². The second kappa shape index (κ2) is 11.0. The maximum atomic E-state index is 13.1. The minimum atomic E-state index is -0.356. The van der Waals surface area contributed by atoms with Gasteiger partial charge >= 0.3 is 0 Å². The fourth-order valence-corrected chi connectivity index (χ4v) is 5.00. The summed E-state index contributed by atoms with van der Waals surface area (Å²) < 4.78 is 0. The average molecular weight is 499 g/mol. The molecule has 2 fully saturated rings. The molecule has 1 aliphatic carbocycles. The number of para-hydroxylation sites is 1. The molecular weight excluding hydrogens is 464 g/mol. The van der Waals surface area contributed by atoms with Crippen molar-refractivity contribution in [3.05, 3.63) is 83.4 Å². The summed E-state index contributed by atoms with van der Waals surface area (Å²) in [6.45, 7) is 6.19. The second-order valence-corrected chi connectivity index (χ2v) is 9.98. The van der Waals surface area contributed by atoms with Crippen molar-refractivity contribution in [2.24, 2.45) is 0 Å². The molecule has 0 unspecified atom stereocenters. The van der Waals surface area contributed by atoms with Crippen LogP contribution >= 0.6 is 0 Å². The minimum absolute atomic E-state index is 0.118. The van der Waals surface area contributed by atoms with Gasteiger partial charge in [0.2, 0.25) is 0 Å². The molecule has 0 radical (unpaired) electrons. The van der Waals surface area contributed by atoms with E-state index >= 15 is 0 Å². The quantitative estimate of drug-likeness (QED) is 0.403. The molecule has 1 aliphatic heterocycles. The van der Waals surface area contributed by atoms with E-state index in [1.807, 2.05) is 43.3 Å². The van der Waals surface area contributed by atoms with Crippen molar-refractivity contribution >= 4 is 28.9 Å². The molecule has 2 aliphatic rings. The van der Waals surface area contributed by atoms with E-state index in [1.54, 1.807) is 24.3 Å². The van der Waals surface area contributed by atoms with Crippen molar-refractivity contribution in [3.63, 3.8) is 0 Å². The minimum Gasteiger partial charge on any atom is -0.506 e. The number of hydrogen-bond donors (Lipinski definition) is 3. The number of anilines is 3. The van der Waals surface area contributed by atoms with Gasteiger partial charge in [0.05, 0.1) is 5.69 Å². The fraction of sp³-hybridized carbons (Fsp3) is 0.333. The topological polar surface area (TPSA) is 84.9 Å². The Morgan fingerprint density at radius 2 is 1.46 bits per heavy atom. The molecule has 3 aromatic carbocycles. The summed E-state index contributed by atoms with van der Waals surface area (Å²) in [5.74, 6) is -0.794. The van der Waals surface area contributed by atoms with E-state index in [9.17, 15) is 14.7 Å². The lowest BCUT2D eigenvalue weighted by Gasteiger charge is -2.36. The van der Waals surface area contributed by atoms with Crippen LogP contribution in [0.5, 0.6) is 5.75 Å². The van der Waals surface area contributed by atoms with Crippen molar-refractivity contribution < 1.29 is 14.7 Å². The lowest BCUT2D eigenvalue weighted by molar-refractivity contribution is 0.101. The van der Waals surface area contributed by atoms with Crippen LogP contribution in [0.2, 0.25) is 0 Å². The third kappa shape index (κ3) is 5.78. The first-order valence-corrected chi connectivity index (χ1v) is 13.1. The van der Waals surface area contributed by atoms with E-state index in [4.69, 9.17) is 0 Å². The number of nitrogens with zero attached hydrogens (tertiary/aromatic N) is 2. The zero-order chi connectivity index (χ0) is 25.8. The molecule has 1 saturated heterocycles. The Morgan fingerprint density at radius 1 is 0.784 bits per heavy atom. The van der Waals surface area contributed by atoms with Gasteiger partial charge in [-0.1, -0.05) is 30.2 Å². The Morgan fingerprint density at radius 3 is 2.14 bits per heavy atom. The number of hydrogen-bond acceptors (Lipinski definition) is 5. The average Bonchev–Trinajstić information content (AvgIpc) is 3.11. The van der Waals surface area contributed by atoms with E-state index in [0.29, 0.717) is 16.8 Å². The summed E-state index contributed by atoms with van der Waals surface area (Å²) in [7, 11) is 0. The smallest absolute Gasteiger partial charge is 0.255 e. The Bertz CT molecular complexity index is 1250. The third-order valence-electron chi connectivity index (χ3n) is 7.46.